The lowest BCUT2D eigenvalue weighted by Gasteiger charge is -2.10. The highest BCUT2D eigenvalue weighted by Crippen LogP contribution is 2.28. The van der Waals surface area contributed by atoms with Gasteiger partial charge in [-0.25, -0.2) is 4.21 Å². The lowest BCUT2D eigenvalue weighted by Crippen LogP contribution is -2.08. The van der Waals surface area contributed by atoms with E-state index in [0.29, 0.717) is 24.5 Å². The predicted octanol–water partition coefficient (Wildman–Crippen LogP) is 1.83. The van der Waals surface area contributed by atoms with Crippen LogP contribution < -0.4 is 4.74 Å². The smallest absolute Gasteiger partial charge is 0.293 e. The Kier molecular flexibility index (Phi) is 5.46. The van der Waals surface area contributed by atoms with Crippen molar-refractivity contribution >= 4 is 19.8 Å². The van der Waals surface area contributed by atoms with Crippen molar-refractivity contribution in [3.8, 4) is 5.75 Å². The molecule has 1 heterocycles. The third-order valence-corrected chi connectivity index (χ3v) is 8.11. The molecular formula is C14H21NO5S2. The molecule has 0 aliphatic carbocycles. The number of rotatable bonds is 6. The van der Waals surface area contributed by atoms with Crippen LogP contribution in [0.5, 0.6) is 5.75 Å². The first-order chi connectivity index (χ1) is 10.4. The minimum absolute atomic E-state index is 0.0294. The molecule has 0 bridgehead atoms. The molecule has 1 aromatic rings. The molecule has 124 valence electrons. The van der Waals surface area contributed by atoms with Gasteiger partial charge in [0, 0.05) is 18.6 Å². The minimum Gasteiger partial charge on any atom is -0.495 e. The molecule has 0 aromatic heterocycles. The highest BCUT2D eigenvalue weighted by molar-refractivity contribution is 8.03. The molecule has 1 aliphatic rings. The Morgan fingerprint density at radius 3 is 2.50 bits per heavy atom. The van der Waals surface area contributed by atoms with Crippen molar-refractivity contribution in [3.63, 3.8) is 0 Å². The van der Waals surface area contributed by atoms with Crippen LogP contribution in [0.15, 0.2) is 26.9 Å². The average Bonchev–Trinajstić information content (AvgIpc) is 2.90. The third kappa shape index (κ3) is 3.99. The van der Waals surface area contributed by atoms with Crippen LogP contribution in [-0.2, 0) is 30.9 Å². The van der Waals surface area contributed by atoms with E-state index in [-0.39, 0.29) is 10.6 Å². The normalized spacial score (nSPS) is 17.4. The van der Waals surface area contributed by atoms with Gasteiger partial charge in [-0.2, -0.15) is 8.42 Å². The van der Waals surface area contributed by atoms with Crippen molar-refractivity contribution in [3.05, 3.63) is 23.8 Å². The molecular weight excluding hydrogens is 326 g/mol. The summed E-state index contributed by atoms with van der Waals surface area (Å²) in [5.41, 5.74) is 0.804. The summed E-state index contributed by atoms with van der Waals surface area (Å²) in [6, 6.07) is 4.90. The molecule has 8 heteroatoms. The fraction of sp³-hybridized carbons (Fsp3) is 0.571. The van der Waals surface area contributed by atoms with Crippen LogP contribution >= 0.6 is 0 Å². The van der Waals surface area contributed by atoms with Crippen molar-refractivity contribution in [2.24, 2.45) is 3.77 Å². The van der Waals surface area contributed by atoms with E-state index >= 15 is 0 Å². The number of methoxy groups -OCH3 is 2. The van der Waals surface area contributed by atoms with Gasteiger partial charge in [0.05, 0.1) is 23.4 Å². The summed E-state index contributed by atoms with van der Waals surface area (Å²) in [6.07, 6.45) is 2.09. The largest absolute Gasteiger partial charge is 0.495 e. The van der Waals surface area contributed by atoms with Gasteiger partial charge in [-0.05, 0) is 37.0 Å². The van der Waals surface area contributed by atoms with Gasteiger partial charge in [-0.15, -0.1) is 3.77 Å². The van der Waals surface area contributed by atoms with E-state index in [2.05, 4.69) is 3.77 Å². The van der Waals surface area contributed by atoms with Gasteiger partial charge >= 0.3 is 0 Å². The minimum atomic E-state index is -4.01. The molecule has 0 amide bonds. The second kappa shape index (κ2) is 6.97. The summed E-state index contributed by atoms with van der Waals surface area (Å²) < 4.78 is 51.4. The van der Waals surface area contributed by atoms with Gasteiger partial charge in [-0.3, -0.25) is 0 Å². The van der Waals surface area contributed by atoms with E-state index in [9.17, 15) is 12.6 Å². The number of ether oxygens (including phenoxy) is 2. The Bertz CT molecular complexity index is 736. The molecule has 1 aliphatic heterocycles. The standard InChI is InChI=1S/C14H21NO5S2/c1-19-8-7-12-5-6-13(20-2)14(11-12)22(17,18)15-21(16)9-3-4-10-21/h5-6,11H,3-4,7-10H2,1-2H3. The number of nitrogens with zero attached hydrogens (tertiary/aromatic N) is 1. The third-order valence-electron chi connectivity index (χ3n) is 3.51. The second-order valence-electron chi connectivity index (χ2n) is 5.17. The lowest BCUT2D eigenvalue weighted by atomic mass is 10.1. The predicted molar refractivity (Wildman–Crippen MR) is 85.3 cm³/mol. The second-order valence-corrected chi connectivity index (χ2v) is 9.51. The van der Waals surface area contributed by atoms with Crippen LogP contribution in [0.4, 0.5) is 0 Å². The first-order valence-electron chi connectivity index (χ1n) is 7.05. The van der Waals surface area contributed by atoms with Crippen LogP contribution in [-0.4, -0.2) is 45.0 Å². The van der Waals surface area contributed by atoms with Crippen molar-refractivity contribution < 1.29 is 22.1 Å². The molecule has 0 atom stereocenters. The number of hydrogen-bond acceptors (Lipinski definition) is 5. The lowest BCUT2D eigenvalue weighted by molar-refractivity contribution is 0.202. The first kappa shape index (κ1) is 17.2. The van der Waals surface area contributed by atoms with E-state index in [1.165, 1.54) is 13.2 Å². The molecule has 1 aromatic carbocycles. The Morgan fingerprint density at radius 1 is 1.23 bits per heavy atom. The maximum absolute atomic E-state index is 12.5. The van der Waals surface area contributed by atoms with Crippen LogP contribution in [0.2, 0.25) is 0 Å². The zero-order chi connectivity index (χ0) is 16.2. The van der Waals surface area contributed by atoms with Crippen LogP contribution in [0.3, 0.4) is 0 Å². The van der Waals surface area contributed by atoms with Crippen LogP contribution in [0.25, 0.3) is 0 Å². The summed E-state index contributed by atoms with van der Waals surface area (Å²) in [7, 11) is -3.68. The molecule has 0 saturated carbocycles. The van der Waals surface area contributed by atoms with Crippen molar-refractivity contribution in [2.45, 2.75) is 24.2 Å². The Morgan fingerprint density at radius 2 is 1.91 bits per heavy atom. The van der Waals surface area contributed by atoms with E-state index in [4.69, 9.17) is 9.47 Å². The van der Waals surface area contributed by atoms with E-state index in [1.807, 2.05) is 0 Å². The molecule has 6 nitrogen and oxygen atoms in total. The maximum atomic E-state index is 12.5. The molecule has 0 unspecified atom stereocenters. The van der Waals surface area contributed by atoms with Crippen molar-refractivity contribution in [1.29, 1.82) is 0 Å². The van der Waals surface area contributed by atoms with Gasteiger partial charge in [0.15, 0.2) is 0 Å². The fourth-order valence-electron chi connectivity index (χ4n) is 2.35. The quantitative estimate of drug-likeness (QED) is 0.784. The summed E-state index contributed by atoms with van der Waals surface area (Å²) in [5.74, 6) is 0.904. The molecule has 22 heavy (non-hydrogen) atoms. The number of benzene rings is 1. The highest BCUT2D eigenvalue weighted by atomic mass is 32.3. The molecule has 0 radical (unpaired) electrons. The topological polar surface area (TPSA) is 82.0 Å². The molecule has 0 N–H and O–H groups in total. The summed E-state index contributed by atoms with van der Waals surface area (Å²) in [5, 5.41) is 0. The first-order valence-corrected chi connectivity index (χ1v) is 10.3. The Hall–Kier alpha value is -1.12. The van der Waals surface area contributed by atoms with Gasteiger partial charge in [0.1, 0.15) is 10.6 Å². The SMILES string of the molecule is COCCc1ccc(OC)c(S(=O)(=O)N=S2(=O)CCCC2)c1. The van der Waals surface area contributed by atoms with Gasteiger partial charge in [0.25, 0.3) is 10.0 Å². The number of sulfonamides is 1. The molecule has 0 spiro atoms. The molecule has 1 saturated heterocycles. The van der Waals surface area contributed by atoms with Gasteiger partial charge < -0.3 is 9.47 Å². The van der Waals surface area contributed by atoms with Crippen molar-refractivity contribution in [1.82, 2.24) is 0 Å². The summed E-state index contributed by atoms with van der Waals surface area (Å²) in [6.45, 7) is 0.486. The van der Waals surface area contributed by atoms with E-state index in [0.717, 1.165) is 18.4 Å². The zero-order valence-corrected chi connectivity index (χ0v) is 14.4. The zero-order valence-electron chi connectivity index (χ0n) is 12.8. The average molecular weight is 347 g/mol. The van der Waals surface area contributed by atoms with E-state index in [1.54, 1.807) is 19.2 Å². The summed E-state index contributed by atoms with van der Waals surface area (Å²) >= 11 is 0. The molecule has 1 fully saturated rings. The molecule has 2 rings (SSSR count). The van der Waals surface area contributed by atoms with Crippen molar-refractivity contribution in [2.75, 3.05) is 32.3 Å². The summed E-state index contributed by atoms with van der Waals surface area (Å²) in [4.78, 5) is -0.0294. The Labute approximate surface area is 132 Å². The van der Waals surface area contributed by atoms with Gasteiger partial charge in [0.2, 0.25) is 0 Å². The van der Waals surface area contributed by atoms with Gasteiger partial charge in [-0.1, -0.05) is 6.07 Å². The fourth-order valence-corrected chi connectivity index (χ4v) is 6.92. The number of hydrogen-bond donors (Lipinski definition) is 0. The Balaban J connectivity index is 2.46. The van der Waals surface area contributed by atoms with E-state index < -0.39 is 19.8 Å². The maximum Gasteiger partial charge on any atom is 0.293 e. The van der Waals surface area contributed by atoms with Crippen LogP contribution in [0, 0.1) is 0 Å². The monoisotopic (exact) mass is 347 g/mol. The highest BCUT2D eigenvalue weighted by Gasteiger charge is 2.25. The van der Waals surface area contributed by atoms with Crippen LogP contribution in [0.1, 0.15) is 18.4 Å².